The van der Waals surface area contributed by atoms with Gasteiger partial charge >= 0.3 is 5.97 Å². The summed E-state index contributed by atoms with van der Waals surface area (Å²) in [4.78, 5) is 28.0. The van der Waals surface area contributed by atoms with E-state index >= 15 is 0 Å². The number of halogens is 2. The van der Waals surface area contributed by atoms with Gasteiger partial charge in [-0.15, -0.1) is 11.3 Å². The van der Waals surface area contributed by atoms with Crippen molar-refractivity contribution in [2.24, 2.45) is 0 Å². The molecule has 6 nitrogen and oxygen atoms in total. The van der Waals surface area contributed by atoms with Crippen LogP contribution < -0.4 is 10.1 Å². The van der Waals surface area contributed by atoms with Crippen molar-refractivity contribution in [2.75, 3.05) is 18.5 Å². The van der Waals surface area contributed by atoms with E-state index in [9.17, 15) is 9.59 Å². The number of aromatic nitrogens is 1. The fourth-order valence-electron chi connectivity index (χ4n) is 2.13. The van der Waals surface area contributed by atoms with E-state index < -0.39 is 18.5 Å². The Balaban J connectivity index is 1.44. The van der Waals surface area contributed by atoms with Gasteiger partial charge in [0, 0.05) is 19.9 Å². The van der Waals surface area contributed by atoms with Gasteiger partial charge in [0.2, 0.25) is 0 Å². The van der Waals surface area contributed by atoms with E-state index in [0.29, 0.717) is 10.9 Å². The second-order valence-electron chi connectivity index (χ2n) is 5.50. The lowest BCUT2D eigenvalue weighted by molar-refractivity contribution is -0.149. The van der Waals surface area contributed by atoms with Crippen LogP contribution in [-0.4, -0.2) is 30.1 Å². The van der Waals surface area contributed by atoms with Gasteiger partial charge < -0.3 is 9.47 Å². The number of carbonyl (C=O) groups excluding carboxylic acids is 2. The second-order valence-corrected chi connectivity index (χ2v) is 8.19. The number of hydrogen-bond acceptors (Lipinski definition) is 6. The molecule has 0 atom stereocenters. The van der Waals surface area contributed by atoms with E-state index in [1.807, 2.05) is 29.6 Å². The van der Waals surface area contributed by atoms with Crippen LogP contribution in [0.2, 0.25) is 0 Å². The highest BCUT2D eigenvalue weighted by atomic mass is 79.9. The van der Waals surface area contributed by atoms with Crippen molar-refractivity contribution in [1.29, 1.82) is 0 Å². The number of nitrogens with zero attached hydrogens (tertiary/aromatic N) is 1. The zero-order valence-corrected chi connectivity index (χ0v) is 18.3. The predicted molar refractivity (Wildman–Crippen MR) is 114 cm³/mol. The third kappa shape index (κ3) is 6.15. The first-order valence-corrected chi connectivity index (χ1v) is 10.5. The molecule has 2 aromatic carbocycles. The number of amides is 1. The van der Waals surface area contributed by atoms with Gasteiger partial charge in [0.1, 0.15) is 5.75 Å². The fourth-order valence-corrected chi connectivity index (χ4v) is 3.53. The van der Waals surface area contributed by atoms with Crippen LogP contribution in [-0.2, 0) is 14.3 Å². The van der Waals surface area contributed by atoms with Crippen molar-refractivity contribution in [3.63, 3.8) is 0 Å². The molecule has 0 saturated carbocycles. The average molecular weight is 526 g/mol. The van der Waals surface area contributed by atoms with Crippen LogP contribution in [0.25, 0.3) is 11.3 Å². The van der Waals surface area contributed by atoms with Gasteiger partial charge in [0.05, 0.1) is 5.69 Å². The number of rotatable bonds is 7. The highest BCUT2D eigenvalue weighted by Crippen LogP contribution is 2.26. The molecule has 1 heterocycles. The molecule has 0 aliphatic rings. The van der Waals surface area contributed by atoms with E-state index in [0.717, 1.165) is 20.2 Å². The Hall–Kier alpha value is -2.23. The molecule has 0 bridgehead atoms. The quantitative estimate of drug-likeness (QED) is 0.444. The molecular weight excluding hydrogens is 512 g/mol. The predicted octanol–water partition coefficient (Wildman–Crippen LogP) is 4.90. The van der Waals surface area contributed by atoms with Crippen molar-refractivity contribution in [2.45, 2.75) is 0 Å². The number of nitrogens with one attached hydrogen (secondary N) is 1. The lowest BCUT2D eigenvalue weighted by Crippen LogP contribution is -2.23. The van der Waals surface area contributed by atoms with Gasteiger partial charge in [0.25, 0.3) is 5.91 Å². The Morgan fingerprint density at radius 3 is 2.57 bits per heavy atom. The van der Waals surface area contributed by atoms with Crippen molar-refractivity contribution < 1.29 is 19.1 Å². The third-order valence-electron chi connectivity index (χ3n) is 3.41. The van der Waals surface area contributed by atoms with Crippen molar-refractivity contribution in [3.8, 4) is 17.0 Å². The smallest absolute Gasteiger partial charge is 0.344 e. The minimum atomic E-state index is -0.632. The van der Waals surface area contributed by atoms with Crippen LogP contribution in [0.5, 0.6) is 5.75 Å². The Morgan fingerprint density at radius 2 is 1.82 bits per heavy atom. The van der Waals surface area contributed by atoms with Crippen LogP contribution in [0.1, 0.15) is 0 Å². The minimum absolute atomic E-state index is 0.279. The summed E-state index contributed by atoms with van der Waals surface area (Å²) < 4.78 is 12.1. The highest BCUT2D eigenvalue weighted by Gasteiger charge is 2.11. The number of thiazole rings is 1. The fraction of sp³-hybridized carbons (Fsp3) is 0.105. The molecule has 144 valence electrons. The maximum absolute atomic E-state index is 12.0. The molecule has 3 rings (SSSR count). The number of benzene rings is 2. The van der Waals surface area contributed by atoms with Crippen LogP contribution in [0, 0.1) is 0 Å². The normalized spacial score (nSPS) is 10.4. The van der Waals surface area contributed by atoms with Crippen LogP contribution >= 0.6 is 43.2 Å². The molecule has 3 aromatic rings. The molecule has 1 aromatic heterocycles. The Bertz CT molecular complexity index is 976. The summed E-state index contributed by atoms with van der Waals surface area (Å²) in [6, 6.07) is 14.7. The van der Waals surface area contributed by atoms with Gasteiger partial charge in [-0.05, 0) is 36.4 Å². The zero-order valence-electron chi connectivity index (χ0n) is 14.4. The van der Waals surface area contributed by atoms with Crippen LogP contribution in [0.15, 0.2) is 62.9 Å². The van der Waals surface area contributed by atoms with Crippen molar-refractivity contribution in [3.05, 3.63) is 62.9 Å². The first-order chi connectivity index (χ1) is 13.5. The summed E-state index contributed by atoms with van der Waals surface area (Å²) in [5.74, 6) is -0.563. The molecule has 9 heteroatoms. The molecule has 28 heavy (non-hydrogen) atoms. The Kier molecular flexibility index (Phi) is 7.18. The molecule has 0 aliphatic carbocycles. The lowest BCUT2D eigenvalue weighted by Gasteiger charge is -2.07. The summed E-state index contributed by atoms with van der Waals surface area (Å²) in [5.41, 5.74) is 1.68. The molecule has 0 spiro atoms. The standard InChI is InChI=1S/C19H14Br2N2O4S/c20-13-4-6-15(7-5-13)26-10-18(25)27-9-17(24)23-19-22-16(11-28-19)12-2-1-3-14(21)8-12/h1-8,11H,9-10H2,(H,22,23,24). The van der Waals surface area contributed by atoms with Crippen molar-refractivity contribution >= 4 is 60.2 Å². The first-order valence-electron chi connectivity index (χ1n) is 8.05. The number of carbonyl (C=O) groups is 2. The number of esters is 1. The number of ether oxygens (including phenoxy) is 2. The van der Waals surface area contributed by atoms with Crippen molar-refractivity contribution in [1.82, 2.24) is 4.98 Å². The van der Waals surface area contributed by atoms with E-state index in [2.05, 4.69) is 42.2 Å². The van der Waals surface area contributed by atoms with E-state index in [1.54, 1.807) is 24.3 Å². The first kappa shape index (κ1) is 20.5. The molecule has 0 unspecified atom stereocenters. The lowest BCUT2D eigenvalue weighted by atomic mass is 10.2. The SMILES string of the molecule is O=C(COC(=O)COc1ccc(Br)cc1)Nc1nc(-c2cccc(Br)c2)cs1. The summed E-state index contributed by atoms with van der Waals surface area (Å²) in [5, 5.41) is 4.89. The summed E-state index contributed by atoms with van der Waals surface area (Å²) in [6.07, 6.45) is 0. The van der Waals surface area contributed by atoms with E-state index in [1.165, 1.54) is 11.3 Å². The minimum Gasteiger partial charge on any atom is -0.482 e. The third-order valence-corrected chi connectivity index (χ3v) is 5.19. The van der Waals surface area contributed by atoms with Gasteiger partial charge in [0.15, 0.2) is 18.3 Å². The van der Waals surface area contributed by atoms with Gasteiger partial charge in [-0.1, -0.05) is 44.0 Å². The molecule has 0 fully saturated rings. The molecular formula is C19H14Br2N2O4S. The van der Waals surface area contributed by atoms with Gasteiger partial charge in [-0.25, -0.2) is 9.78 Å². The molecule has 1 N–H and O–H groups in total. The second kappa shape index (κ2) is 9.81. The van der Waals surface area contributed by atoms with Gasteiger partial charge in [-0.3, -0.25) is 10.1 Å². The summed E-state index contributed by atoms with van der Waals surface area (Å²) >= 11 is 8.02. The Labute approximate surface area is 182 Å². The monoisotopic (exact) mass is 524 g/mol. The van der Waals surface area contributed by atoms with Crippen LogP contribution in [0.3, 0.4) is 0 Å². The molecule has 1 amide bonds. The van der Waals surface area contributed by atoms with E-state index in [4.69, 9.17) is 9.47 Å². The topological polar surface area (TPSA) is 77.5 Å². The zero-order chi connectivity index (χ0) is 19.9. The average Bonchev–Trinajstić information content (AvgIpc) is 3.14. The van der Waals surface area contributed by atoms with E-state index in [-0.39, 0.29) is 6.61 Å². The number of anilines is 1. The largest absolute Gasteiger partial charge is 0.482 e. The Morgan fingerprint density at radius 1 is 1.04 bits per heavy atom. The van der Waals surface area contributed by atoms with Crippen LogP contribution in [0.4, 0.5) is 5.13 Å². The maximum atomic E-state index is 12.0. The molecule has 0 aliphatic heterocycles. The maximum Gasteiger partial charge on any atom is 0.344 e. The molecule has 0 radical (unpaired) electrons. The summed E-state index contributed by atoms with van der Waals surface area (Å²) in [7, 11) is 0. The van der Waals surface area contributed by atoms with Gasteiger partial charge in [-0.2, -0.15) is 0 Å². The number of hydrogen-bond donors (Lipinski definition) is 1. The molecule has 0 saturated heterocycles. The summed E-state index contributed by atoms with van der Waals surface area (Å²) in [6.45, 7) is -0.687. The highest BCUT2D eigenvalue weighted by molar-refractivity contribution is 9.10.